The van der Waals surface area contributed by atoms with Crippen molar-refractivity contribution in [2.45, 2.75) is 25.7 Å². The molecule has 1 saturated carbocycles. The zero-order chi connectivity index (χ0) is 13.1. The van der Waals surface area contributed by atoms with Gasteiger partial charge in [0.1, 0.15) is 0 Å². The second kappa shape index (κ2) is 5.29. The third-order valence-electron chi connectivity index (χ3n) is 3.65. The molecule has 3 N–H and O–H groups in total. The predicted octanol–water partition coefficient (Wildman–Crippen LogP) is 2.24. The summed E-state index contributed by atoms with van der Waals surface area (Å²) in [6, 6.07) is 4.88. The third-order valence-corrected chi connectivity index (χ3v) is 3.65. The van der Waals surface area contributed by atoms with Crippen molar-refractivity contribution in [3.63, 3.8) is 0 Å². The number of hydrogen-bond donors (Lipinski definition) is 2. The fraction of sp³-hybridized carbons (Fsp3) is 0.500. The largest absolute Gasteiger partial charge is 0.505 e. The molecule has 0 heterocycles. The van der Waals surface area contributed by atoms with Crippen LogP contribution in [0.15, 0.2) is 18.2 Å². The molecule has 1 amide bonds. The molecule has 0 bridgehead atoms. The van der Waals surface area contributed by atoms with Crippen LogP contribution < -0.4 is 5.73 Å². The fourth-order valence-electron chi connectivity index (χ4n) is 2.60. The van der Waals surface area contributed by atoms with Gasteiger partial charge in [-0.15, -0.1) is 0 Å². The first-order valence-corrected chi connectivity index (χ1v) is 6.42. The maximum atomic E-state index is 12.2. The molecule has 0 radical (unpaired) electrons. The summed E-state index contributed by atoms with van der Waals surface area (Å²) < 4.78 is 0. The number of phenolic OH excluding ortho intramolecular Hbond substituents is 1. The van der Waals surface area contributed by atoms with Crippen LogP contribution in [0.25, 0.3) is 0 Å². The normalized spacial score (nSPS) is 15.8. The maximum Gasteiger partial charge on any atom is 0.257 e. The highest BCUT2D eigenvalue weighted by molar-refractivity contribution is 5.98. The van der Waals surface area contributed by atoms with Gasteiger partial charge in [-0.25, -0.2) is 0 Å². The van der Waals surface area contributed by atoms with E-state index < -0.39 is 0 Å². The fourth-order valence-corrected chi connectivity index (χ4v) is 2.60. The Morgan fingerprint density at radius 1 is 1.44 bits per heavy atom. The van der Waals surface area contributed by atoms with Crippen LogP contribution in [0, 0.1) is 5.92 Å². The van der Waals surface area contributed by atoms with Gasteiger partial charge in [-0.05, 0) is 30.9 Å². The smallest absolute Gasteiger partial charge is 0.257 e. The van der Waals surface area contributed by atoms with Crippen molar-refractivity contribution < 1.29 is 9.90 Å². The zero-order valence-corrected chi connectivity index (χ0v) is 10.7. The standard InChI is InChI=1S/C14H20N2O2/c1-16(9-10-5-2-3-6-10)14(18)11-7-4-8-12(15)13(11)17/h4,7-8,10,17H,2-3,5-6,9,15H2,1H3. The minimum Gasteiger partial charge on any atom is -0.505 e. The van der Waals surface area contributed by atoms with Crippen LogP contribution in [0.4, 0.5) is 5.69 Å². The van der Waals surface area contributed by atoms with Gasteiger partial charge in [0, 0.05) is 13.6 Å². The second-order valence-corrected chi connectivity index (χ2v) is 5.08. The number of amides is 1. The van der Waals surface area contributed by atoms with E-state index in [1.807, 2.05) is 0 Å². The van der Waals surface area contributed by atoms with E-state index in [2.05, 4.69) is 0 Å². The molecular weight excluding hydrogens is 228 g/mol. The molecule has 4 nitrogen and oxygen atoms in total. The van der Waals surface area contributed by atoms with Crippen LogP contribution in [0.1, 0.15) is 36.0 Å². The van der Waals surface area contributed by atoms with Crippen molar-refractivity contribution in [2.75, 3.05) is 19.3 Å². The lowest BCUT2D eigenvalue weighted by Gasteiger charge is -2.21. The van der Waals surface area contributed by atoms with E-state index in [0.717, 1.165) is 6.54 Å². The molecule has 1 aromatic carbocycles. The predicted molar refractivity (Wildman–Crippen MR) is 71.4 cm³/mol. The topological polar surface area (TPSA) is 66.6 Å². The lowest BCUT2D eigenvalue weighted by Crippen LogP contribution is -2.31. The van der Waals surface area contributed by atoms with Crippen molar-refractivity contribution in [1.29, 1.82) is 0 Å². The summed E-state index contributed by atoms with van der Waals surface area (Å²) in [7, 11) is 1.78. The molecule has 1 aliphatic rings. The number of phenols is 1. The SMILES string of the molecule is CN(CC1CCCC1)C(=O)c1cccc(N)c1O. The Morgan fingerprint density at radius 3 is 2.78 bits per heavy atom. The Balaban J connectivity index is 2.07. The maximum absolute atomic E-state index is 12.2. The number of nitrogens with zero attached hydrogens (tertiary/aromatic N) is 1. The molecule has 18 heavy (non-hydrogen) atoms. The molecule has 0 aromatic heterocycles. The summed E-state index contributed by atoms with van der Waals surface area (Å²) >= 11 is 0. The highest BCUT2D eigenvalue weighted by Crippen LogP contribution is 2.28. The number of para-hydroxylation sites is 1. The Bertz CT molecular complexity index is 439. The van der Waals surface area contributed by atoms with Crippen LogP contribution in [-0.2, 0) is 0 Å². The molecule has 1 aliphatic carbocycles. The highest BCUT2D eigenvalue weighted by Gasteiger charge is 2.22. The van der Waals surface area contributed by atoms with E-state index in [4.69, 9.17) is 5.73 Å². The number of aromatic hydroxyl groups is 1. The summed E-state index contributed by atoms with van der Waals surface area (Å²) in [5.41, 5.74) is 6.13. The van der Waals surface area contributed by atoms with Crippen molar-refractivity contribution >= 4 is 11.6 Å². The van der Waals surface area contributed by atoms with E-state index in [-0.39, 0.29) is 22.9 Å². The number of rotatable bonds is 3. The zero-order valence-electron chi connectivity index (χ0n) is 10.7. The minimum atomic E-state index is -0.160. The van der Waals surface area contributed by atoms with Gasteiger partial charge in [-0.2, -0.15) is 0 Å². The molecule has 0 spiro atoms. The Labute approximate surface area is 107 Å². The van der Waals surface area contributed by atoms with E-state index >= 15 is 0 Å². The summed E-state index contributed by atoms with van der Waals surface area (Å²) in [6.07, 6.45) is 4.91. The molecule has 4 heteroatoms. The molecule has 0 saturated heterocycles. The first-order valence-electron chi connectivity index (χ1n) is 6.42. The molecule has 0 atom stereocenters. The summed E-state index contributed by atoms with van der Waals surface area (Å²) in [4.78, 5) is 13.9. The minimum absolute atomic E-state index is 0.110. The lowest BCUT2D eigenvalue weighted by molar-refractivity contribution is 0.0770. The summed E-state index contributed by atoms with van der Waals surface area (Å²) in [5, 5.41) is 9.81. The van der Waals surface area contributed by atoms with E-state index in [9.17, 15) is 9.90 Å². The van der Waals surface area contributed by atoms with E-state index in [1.54, 1.807) is 30.1 Å². The molecule has 2 rings (SSSR count). The number of carbonyl (C=O) groups excluding carboxylic acids is 1. The second-order valence-electron chi connectivity index (χ2n) is 5.08. The molecular formula is C14H20N2O2. The first-order chi connectivity index (χ1) is 8.59. The van der Waals surface area contributed by atoms with Crippen LogP contribution >= 0.6 is 0 Å². The quantitative estimate of drug-likeness (QED) is 0.636. The Kier molecular flexibility index (Phi) is 3.75. The summed E-state index contributed by atoms with van der Waals surface area (Å²) in [6.45, 7) is 0.757. The van der Waals surface area contributed by atoms with Crippen molar-refractivity contribution in [2.24, 2.45) is 5.92 Å². The summed E-state index contributed by atoms with van der Waals surface area (Å²) in [5.74, 6) is 0.328. The van der Waals surface area contributed by atoms with Crippen molar-refractivity contribution in [1.82, 2.24) is 4.90 Å². The molecule has 98 valence electrons. The first kappa shape index (κ1) is 12.7. The van der Waals surface area contributed by atoms with E-state index in [0.29, 0.717) is 5.92 Å². The molecule has 0 aliphatic heterocycles. The van der Waals surface area contributed by atoms with Gasteiger partial charge in [0.15, 0.2) is 5.75 Å². The van der Waals surface area contributed by atoms with Gasteiger partial charge in [0.05, 0.1) is 11.3 Å². The van der Waals surface area contributed by atoms with Crippen LogP contribution in [0.3, 0.4) is 0 Å². The lowest BCUT2D eigenvalue weighted by atomic mass is 10.1. The number of anilines is 1. The monoisotopic (exact) mass is 248 g/mol. The highest BCUT2D eigenvalue weighted by atomic mass is 16.3. The number of nitrogens with two attached hydrogens (primary N) is 1. The van der Waals surface area contributed by atoms with Crippen LogP contribution in [0.2, 0.25) is 0 Å². The number of hydrogen-bond acceptors (Lipinski definition) is 3. The molecule has 1 fully saturated rings. The van der Waals surface area contributed by atoms with Gasteiger partial charge in [0.2, 0.25) is 0 Å². The van der Waals surface area contributed by atoms with Gasteiger partial charge in [-0.1, -0.05) is 18.9 Å². The van der Waals surface area contributed by atoms with E-state index in [1.165, 1.54) is 25.7 Å². The number of benzene rings is 1. The number of nitrogen functional groups attached to an aromatic ring is 1. The molecule has 1 aromatic rings. The molecule has 0 unspecified atom stereocenters. The van der Waals surface area contributed by atoms with Gasteiger partial charge in [0.25, 0.3) is 5.91 Å². The Hall–Kier alpha value is -1.71. The van der Waals surface area contributed by atoms with Gasteiger partial charge < -0.3 is 15.7 Å². The van der Waals surface area contributed by atoms with Crippen LogP contribution in [-0.4, -0.2) is 29.5 Å². The third kappa shape index (κ3) is 2.58. The van der Waals surface area contributed by atoms with Crippen LogP contribution in [0.5, 0.6) is 5.75 Å². The average molecular weight is 248 g/mol. The van der Waals surface area contributed by atoms with Gasteiger partial charge in [-0.3, -0.25) is 4.79 Å². The average Bonchev–Trinajstić information content (AvgIpc) is 2.84. The van der Waals surface area contributed by atoms with Gasteiger partial charge >= 0.3 is 0 Å². The van der Waals surface area contributed by atoms with Crippen molar-refractivity contribution in [3.05, 3.63) is 23.8 Å². The Morgan fingerprint density at radius 2 is 2.11 bits per heavy atom. The number of carbonyl (C=O) groups is 1. The van der Waals surface area contributed by atoms with Crippen molar-refractivity contribution in [3.8, 4) is 5.75 Å².